The molecule has 0 spiro atoms. The van der Waals surface area contributed by atoms with E-state index in [1.807, 2.05) is 24.3 Å². The van der Waals surface area contributed by atoms with Crippen LogP contribution in [-0.4, -0.2) is 0 Å². The summed E-state index contributed by atoms with van der Waals surface area (Å²) in [5, 5.41) is 0. The van der Waals surface area contributed by atoms with Crippen LogP contribution in [0.15, 0.2) is 36.4 Å². The fraction of sp³-hybridized carbons (Fsp3) is 0.0769. The zero-order chi connectivity index (χ0) is 10.4. The summed E-state index contributed by atoms with van der Waals surface area (Å²) in [6.45, 7) is 0. The molecule has 74 valence electrons. The van der Waals surface area contributed by atoms with Gasteiger partial charge in [-0.25, -0.2) is 4.39 Å². The summed E-state index contributed by atoms with van der Waals surface area (Å²) in [6.07, 6.45) is 0.745. The summed E-state index contributed by atoms with van der Waals surface area (Å²) in [4.78, 5) is 0. The van der Waals surface area contributed by atoms with Gasteiger partial charge in [0.2, 0.25) is 0 Å². The number of hydrogen-bond acceptors (Lipinski definition) is 1. The van der Waals surface area contributed by atoms with Gasteiger partial charge < -0.3 is 5.73 Å². The monoisotopic (exact) mass is 199 g/mol. The minimum absolute atomic E-state index is 0.177. The summed E-state index contributed by atoms with van der Waals surface area (Å²) < 4.78 is 13.7. The molecule has 2 aromatic rings. The molecule has 0 aliphatic heterocycles. The Kier molecular flexibility index (Phi) is 1.60. The molecule has 2 aromatic carbocycles. The molecular formula is C13H10FN. The zero-order valence-electron chi connectivity index (χ0n) is 8.13. The molecule has 0 heterocycles. The van der Waals surface area contributed by atoms with Gasteiger partial charge in [0, 0.05) is 17.7 Å². The number of fused-ring (bicyclic) bond motifs is 3. The Morgan fingerprint density at radius 3 is 2.73 bits per heavy atom. The molecule has 0 bridgehead atoms. The van der Waals surface area contributed by atoms with Crippen molar-refractivity contribution in [2.75, 3.05) is 5.73 Å². The van der Waals surface area contributed by atoms with E-state index in [0.29, 0.717) is 11.3 Å². The fourth-order valence-electron chi connectivity index (χ4n) is 2.23. The van der Waals surface area contributed by atoms with Gasteiger partial charge in [0.25, 0.3) is 0 Å². The quantitative estimate of drug-likeness (QED) is 0.553. The third-order valence-electron chi connectivity index (χ3n) is 2.95. The van der Waals surface area contributed by atoms with Crippen molar-refractivity contribution in [1.29, 1.82) is 0 Å². The molecule has 0 aromatic heterocycles. The molecule has 0 amide bonds. The van der Waals surface area contributed by atoms with E-state index in [1.165, 1.54) is 6.07 Å². The Morgan fingerprint density at radius 2 is 1.87 bits per heavy atom. The maximum atomic E-state index is 13.7. The lowest BCUT2D eigenvalue weighted by atomic mass is 10.0. The van der Waals surface area contributed by atoms with Crippen molar-refractivity contribution in [3.63, 3.8) is 0 Å². The second-order valence-corrected chi connectivity index (χ2v) is 3.82. The van der Waals surface area contributed by atoms with E-state index < -0.39 is 0 Å². The highest BCUT2D eigenvalue weighted by atomic mass is 19.1. The van der Waals surface area contributed by atoms with Crippen molar-refractivity contribution in [2.45, 2.75) is 6.42 Å². The smallest absolute Gasteiger partial charge is 0.131 e. The molecule has 3 rings (SSSR count). The number of benzene rings is 2. The molecule has 0 unspecified atom stereocenters. The van der Waals surface area contributed by atoms with Crippen molar-refractivity contribution in [3.05, 3.63) is 53.3 Å². The van der Waals surface area contributed by atoms with Crippen LogP contribution >= 0.6 is 0 Å². The highest BCUT2D eigenvalue weighted by molar-refractivity contribution is 5.81. The number of anilines is 1. The van der Waals surface area contributed by atoms with Gasteiger partial charge >= 0.3 is 0 Å². The molecule has 0 radical (unpaired) electrons. The van der Waals surface area contributed by atoms with Crippen molar-refractivity contribution in [1.82, 2.24) is 0 Å². The second-order valence-electron chi connectivity index (χ2n) is 3.82. The van der Waals surface area contributed by atoms with E-state index in [1.54, 1.807) is 6.07 Å². The van der Waals surface area contributed by atoms with Crippen LogP contribution in [-0.2, 0) is 6.42 Å². The van der Waals surface area contributed by atoms with Crippen LogP contribution in [0.5, 0.6) is 0 Å². The zero-order valence-corrected chi connectivity index (χ0v) is 8.13. The summed E-state index contributed by atoms with van der Waals surface area (Å²) in [6, 6.07) is 10.9. The third-order valence-corrected chi connectivity index (χ3v) is 2.95. The largest absolute Gasteiger partial charge is 0.398 e. The molecule has 2 N–H and O–H groups in total. The van der Waals surface area contributed by atoms with Gasteiger partial charge in [-0.3, -0.25) is 0 Å². The van der Waals surface area contributed by atoms with Crippen LogP contribution in [0.1, 0.15) is 11.1 Å². The average molecular weight is 199 g/mol. The number of rotatable bonds is 0. The molecule has 0 saturated heterocycles. The summed E-state index contributed by atoms with van der Waals surface area (Å²) in [5.41, 5.74) is 10.3. The first-order chi connectivity index (χ1) is 7.27. The first-order valence-electron chi connectivity index (χ1n) is 4.92. The van der Waals surface area contributed by atoms with Crippen LogP contribution in [0.4, 0.5) is 10.1 Å². The molecule has 1 aliphatic carbocycles. The van der Waals surface area contributed by atoms with E-state index in [-0.39, 0.29) is 5.82 Å². The van der Waals surface area contributed by atoms with E-state index in [0.717, 1.165) is 23.1 Å². The molecule has 0 atom stereocenters. The molecule has 15 heavy (non-hydrogen) atoms. The van der Waals surface area contributed by atoms with Gasteiger partial charge in [-0.2, -0.15) is 0 Å². The molecule has 0 saturated carbocycles. The second kappa shape index (κ2) is 2.83. The number of halogens is 1. The topological polar surface area (TPSA) is 26.0 Å². The van der Waals surface area contributed by atoms with Crippen molar-refractivity contribution >= 4 is 5.69 Å². The maximum absolute atomic E-state index is 13.7. The van der Waals surface area contributed by atoms with Crippen molar-refractivity contribution in [2.24, 2.45) is 0 Å². The Morgan fingerprint density at radius 1 is 1.07 bits per heavy atom. The predicted octanol–water partition coefficient (Wildman–Crippen LogP) is 2.98. The Labute approximate surface area is 87.4 Å². The molecular weight excluding hydrogens is 189 g/mol. The van der Waals surface area contributed by atoms with Crippen molar-refractivity contribution in [3.8, 4) is 11.1 Å². The minimum atomic E-state index is -0.177. The molecule has 1 nitrogen and oxygen atoms in total. The van der Waals surface area contributed by atoms with Gasteiger partial charge in [-0.05, 0) is 28.8 Å². The Balaban J connectivity index is 2.37. The molecule has 2 heteroatoms. The standard InChI is InChI=1S/C13H10FN/c14-11-5-6-12(15)10-7-8-3-1-2-4-9(8)13(10)11/h1-6H,7,15H2. The number of hydrogen-bond donors (Lipinski definition) is 1. The van der Waals surface area contributed by atoms with Crippen LogP contribution in [0, 0.1) is 5.82 Å². The van der Waals surface area contributed by atoms with Gasteiger partial charge in [0.1, 0.15) is 5.82 Å². The van der Waals surface area contributed by atoms with Gasteiger partial charge in [-0.1, -0.05) is 24.3 Å². The average Bonchev–Trinajstić information content (AvgIpc) is 2.64. The van der Waals surface area contributed by atoms with E-state index in [4.69, 9.17) is 5.73 Å². The van der Waals surface area contributed by atoms with E-state index >= 15 is 0 Å². The number of nitrogen functional groups attached to an aromatic ring is 1. The lowest BCUT2D eigenvalue weighted by molar-refractivity contribution is 0.631. The van der Waals surface area contributed by atoms with Crippen LogP contribution in [0.3, 0.4) is 0 Å². The van der Waals surface area contributed by atoms with E-state index in [2.05, 4.69) is 0 Å². The lowest BCUT2D eigenvalue weighted by Gasteiger charge is -2.04. The van der Waals surface area contributed by atoms with Crippen molar-refractivity contribution < 1.29 is 4.39 Å². The molecule has 1 aliphatic rings. The van der Waals surface area contributed by atoms with Crippen LogP contribution in [0.2, 0.25) is 0 Å². The van der Waals surface area contributed by atoms with Crippen LogP contribution < -0.4 is 5.73 Å². The SMILES string of the molecule is Nc1ccc(F)c2c1Cc1ccccc1-2. The van der Waals surface area contributed by atoms with E-state index in [9.17, 15) is 4.39 Å². The van der Waals surface area contributed by atoms with Crippen LogP contribution in [0.25, 0.3) is 11.1 Å². The highest BCUT2D eigenvalue weighted by Gasteiger charge is 2.22. The molecule has 0 fully saturated rings. The lowest BCUT2D eigenvalue weighted by Crippen LogP contribution is -1.94. The fourth-order valence-corrected chi connectivity index (χ4v) is 2.23. The summed E-state index contributed by atoms with van der Waals surface area (Å²) in [5.74, 6) is -0.177. The predicted molar refractivity (Wildman–Crippen MR) is 59.1 cm³/mol. The summed E-state index contributed by atoms with van der Waals surface area (Å²) >= 11 is 0. The minimum Gasteiger partial charge on any atom is -0.398 e. The number of nitrogens with two attached hydrogens (primary N) is 1. The first-order valence-corrected chi connectivity index (χ1v) is 4.92. The third kappa shape index (κ3) is 1.08. The highest BCUT2D eigenvalue weighted by Crippen LogP contribution is 2.40. The maximum Gasteiger partial charge on any atom is 0.131 e. The Bertz CT molecular complexity index is 546. The normalized spacial score (nSPS) is 12.3. The first kappa shape index (κ1) is 8.48. The Hall–Kier alpha value is -1.83. The summed E-state index contributed by atoms with van der Waals surface area (Å²) in [7, 11) is 0. The van der Waals surface area contributed by atoms with Gasteiger partial charge in [0.15, 0.2) is 0 Å². The van der Waals surface area contributed by atoms with Gasteiger partial charge in [0.05, 0.1) is 0 Å². The van der Waals surface area contributed by atoms with Gasteiger partial charge in [-0.15, -0.1) is 0 Å².